The summed E-state index contributed by atoms with van der Waals surface area (Å²) in [5.74, 6) is -1.81. The van der Waals surface area contributed by atoms with Gasteiger partial charge in [-0.2, -0.15) is 0 Å². The molecule has 13 nitrogen and oxygen atoms in total. The molecule has 1 aromatic carbocycles. The van der Waals surface area contributed by atoms with Crippen LogP contribution < -0.4 is 20.1 Å². The average molecular weight is 738 g/mol. The van der Waals surface area contributed by atoms with Gasteiger partial charge in [-0.25, -0.2) is 18.2 Å². The van der Waals surface area contributed by atoms with Crippen LogP contribution in [-0.2, 0) is 29.1 Å². The van der Waals surface area contributed by atoms with Gasteiger partial charge in [-0.1, -0.05) is 57.9 Å². The third kappa shape index (κ3) is 7.77. The zero-order valence-corrected chi connectivity index (χ0v) is 31.7. The van der Waals surface area contributed by atoms with Crippen molar-refractivity contribution in [1.82, 2.24) is 25.2 Å². The number of amides is 4. The molecule has 2 aromatic rings. The molecule has 52 heavy (non-hydrogen) atoms. The van der Waals surface area contributed by atoms with Crippen molar-refractivity contribution in [2.45, 2.75) is 121 Å². The predicted octanol–water partition coefficient (Wildman–Crippen LogP) is 4.36. The SMILES string of the molecule is C=C[C@@H]1C[C@]1(NC(=O)[C@@H]1C[C@@H](Oc2nccc3ccccc23)CN1C(=O)[C@@H](NC(=O)OC(C)(C)C)C(C)(C)C)C(=O)NS(=O)(=O)C1(CC2CC2)CC1. The Morgan fingerprint density at radius 2 is 1.77 bits per heavy atom. The van der Waals surface area contributed by atoms with Gasteiger partial charge in [0.25, 0.3) is 5.91 Å². The first-order chi connectivity index (χ1) is 24.3. The molecule has 2 heterocycles. The topological polar surface area (TPSA) is 173 Å². The fraction of sp³-hybridized carbons (Fsp3) is 0.605. The van der Waals surface area contributed by atoms with E-state index in [9.17, 15) is 27.6 Å². The summed E-state index contributed by atoms with van der Waals surface area (Å²) in [5.41, 5.74) is -3.17. The molecule has 282 valence electrons. The third-order valence-corrected chi connectivity index (χ3v) is 12.7. The van der Waals surface area contributed by atoms with Crippen molar-refractivity contribution in [2.24, 2.45) is 17.3 Å². The second-order valence-corrected chi connectivity index (χ2v) is 19.1. The lowest BCUT2D eigenvalue weighted by Crippen LogP contribution is -2.60. The van der Waals surface area contributed by atoms with Crippen LogP contribution in [0.15, 0.2) is 49.2 Å². The molecule has 0 radical (unpaired) electrons. The lowest BCUT2D eigenvalue weighted by Gasteiger charge is -2.36. The number of carbonyl (C=O) groups is 4. The highest BCUT2D eigenvalue weighted by Gasteiger charge is 2.64. The molecule has 4 aliphatic rings. The first-order valence-electron chi connectivity index (χ1n) is 18.1. The molecule has 6 rings (SSSR count). The number of likely N-dealkylation sites (tertiary alicyclic amines) is 1. The molecule has 1 aromatic heterocycles. The maximum atomic E-state index is 14.5. The molecular weight excluding hydrogens is 687 g/mol. The van der Waals surface area contributed by atoms with E-state index in [2.05, 4.69) is 26.9 Å². The van der Waals surface area contributed by atoms with E-state index < -0.39 is 79.2 Å². The molecule has 4 amide bonds. The van der Waals surface area contributed by atoms with E-state index in [-0.39, 0.29) is 19.4 Å². The van der Waals surface area contributed by atoms with Gasteiger partial charge in [0.15, 0.2) is 0 Å². The van der Waals surface area contributed by atoms with Gasteiger partial charge in [-0.3, -0.25) is 19.1 Å². The Hall–Kier alpha value is -4.20. The first-order valence-corrected chi connectivity index (χ1v) is 19.6. The number of rotatable bonds is 12. The Bertz CT molecular complexity index is 1870. The van der Waals surface area contributed by atoms with Crippen LogP contribution in [0.1, 0.15) is 86.5 Å². The maximum Gasteiger partial charge on any atom is 0.408 e. The van der Waals surface area contributed by atoms with Crippen LogP contribution in [0.4, 0.5) is 4.79 Å². The van der Waals surface area contributed by atoms with Crippen LogP contribution in [0.2, 0.25) is 0 Å². The van der Waals surface area contributed by atoms with Gasteiger partial charge in [0.1, 0.15) is 29.3 Å². The number of ether oxygens (including phenoxy) is 2. The number of sulfonamides is 1. The Labute approximate surface area is 305 Å². The quantitative estimate of drug-likeness (QED) is 0.268. The fourth-order valence-corrected chi connectivity index (χ4v) is 8.92. The zero-order chi connectivity index (χ0) is 37.9. The van der Waals surface area contributed by atoms with Crippen molar-refractivity contribution >= 4 is 44.6 Å². The number of nitrogens with one attached hydrogen (secondary N) is 3. The summed E-state index contributed by atoms with van der Waals surface area (Å²) >= 11 is 0. The molecule has 14 heteroatoms. The van der Waals surface area contributed by atoms with E-state index in [1.165, 1.54) is 11.0 Å². The monoisotopic (exact) mass is 737 g/mol. The second kappa shape index (κ2) is 13.3. The van der Waals surface area contributed by atoms with E-state index in [0.717, 1.165) is 23.6 Å². The summed E-state index contributed by atoms with van der Waals surface area (Å²) in [5, 5.41) is 7.22. The average Bonchev–Trinajstić information content (AvgIpc) is 3.99. The van der Waals surface area contributed by atoms with Crippen LogP contribution in [0, 0.1) is 17.3 Å². The molecule has 3 aliphatic carbocycles. The van der Waals surface area contributed by atoms with Crippen LogP contribution >= 0.6 is 0 Å². The van der Waals surface area contributed by atoms with Crippen molar-refractivity contribution < 1.29 is 37.1 Å². The van der Waals surface area contributed by atoms with Crippen molar-refractivity contribution in [3.05, 3.63) is 49.2 Å². The zero-order valence-electron chi connectivity index (χ0n) is 30.9. The van der Waals surface area contributed by atoms with Gasteiger partial charge in [-0.05, 0) is 75.3 Å². The minimum Gasteiger partial charge on any atom is -0.472 e. The number of hydrogen-bond donors (Lipinski definition) is 3. The molecule has 3 N–H and O–H groups in total. The lowest BCUT2D eigenvalue weighted by atomic mass is 9.85. The summed E-state index contributed by atoms with van der Waals surface area (Å²) in [4.78, 5) is 61.4. The molecule has 0 bridgehead atoms. The Kier molecular flexibility index (Phi) is 9.63. The fourth-order valence-electron chi connectivity index (χ4n) is 7.19. The van der Waals surface area contributed by atoms with Gasteiger partial charge in [0, 0.05) is 23.9 Å². The number of benzene rings is 1. The van der Waals surface area contributed by atoms with E-state index in [1.54, 1.807) is 47.7 Å². The van der Waals surface area contributed by atoms with E-state index >= 15 is 0 Å². The number of hydrogen-bond acceptors (Lipinski definition) is 9. The largest absolute Gasteiger partial charge is 0.472 e. The number of nitrogens with zero attached hydrogens (tertiary/aromatic N) is 2. The molecule has 1 saturated heterocycles. The maximum absolute atomic E-state index is 14.5. The van der Waals surface area contributed by atoms with Gasteiger partial charge in [-0.15, -0.1) is 6.58 Å². The number of alkyl carbamates (subject to hydrolysis) is 1. The smallest absolute Gasteiger partial charge is 0.408 e. The van der Waals surface area contributed by atoms with Crippen molar-refractivity contribution in [3.63, 3.8) is 0 Å². The highest BCUT2D eigenvalue weighted by molar-refractivity contribution is 7.91. The van der Waals surface area contributed by atoms with Gasteiger partial charge < -0.3 is 25.0 Å². The van der Waals surface area contributed by atoms with E-state index in [1.807, 2.05) is 30.3 Å². The molecule has 4 fully saturated rings. The predicted molar refractivity (Wildman–Crippen MR) is 194 cm³/mol. The third-order valence-electron chi connectivity index (χ3n) is 10.6. The first kappa shape index (κ1) is 37.6. The molecule has 5 atom stereocenters. The van der Waals surface area contributed by atoms with Crippen LogP contribution in [-0.4, -0.2) is 82.7 Å². The molecule has 0 spiro atoms. The lowest BCUT2D eigenvalue weighted by molar-refractivity contribution is -0.143. The summed E-state index contributed by atoms with van der Waals surface area (Å²) in [6, 6.07) is 7.18. The molecular formula is C38H51N5O8S. The van der Waals surface area contributed by atoms with Crippen LogP contribution in [0.25, 0.3) is 10.8 Å². The molecule has 1 aliphatic heterocycles. The van der Waals surface area contributed by atoms with Crippen molar-refractivity contribution in [3.8, 4) is 5.88 Å². The molecule has 0 unspecified atom stereocenters. The normalized spacial score (nSPS) is 25.8. The minimum atomic E-state index is -4.00. The van der Waals surface area contributed by atoms with Crippen molar-refractivity contribution in [1.29, 1.82) is 0 Å². The van der Waals surface area contributed by atoms with Crippen LogP contribution in [0.5, 0.6) is 5.88 Å². The summed E-state index contributed by atoms with van der Waals surface area (Å²) in [7, 11) is -4.00. The minimum absolute atomic E-state index is 0.0213. The van der Waals surface area contributed by atoms with E-state index in [0.29, 0.717) is 31.1 Å². The summed E-state index contributed by atoms with van der Waals surface area (Å²) in [6.07, 6.45) is 5.38. The summed E-state index contributed by atoms with van der Waals surface area (Å²) in [6.45, 7) is 14.3. The summed E-state index contributed by atoms with van der Waals surface area (Å²) < 4.78 is 40.2. The van der Waals surface area contributed by atoms with Gasteiger partial charge in [0.2, 0.25) is 27.7 Å². The standard InChI is InChI=1S/C38H51N5O8S/c1-8-25-21-38(25,33(46)42-52(48,49)37(16-17-37)20-23-13-14-23)41-30(44)28-19-26(50-31-27-12-10-9-11-24(27)15-18-39-31)22-43(28)32(45)29(35(2,3)4)40-34(47)51-36(5,6)7/h8-12,15,18,23,25-26,28-29H,1,13-14,16-17,19-22H2,2-7H3,(H,40,47)(H,41,44)(H,42,46)/t25-,26-,28+,29-,38-/m1/s1. The molecule has 3 saturated carbocycles. The van der Waals surface area contributed by atoms with E-state index in [4.69, 9.17) is 9.47 Å². The highest BCUT2D eigenvalue weighted by atomic mass is 32.2. The number of pyridine rings is 1. The Morgan fingerprint density at radius 1 is 1.08 bits per heavy atom. The number of fused-ring (bicyclic) bond motifs is 1. The Morgan fingerprint density at radius 3 is 2.37 bits per heavy atom. The van der Waals surface area contributed by atoms with Gasteiger partial charge in [0.05, 0.1) is 11.3 Å². The highest BCUT2D eigenvalue weighted by Crippen LogP contribution is 2.53. The van der Waals surface area contributed by atoms with Gasteiger partial charge >= 0.3 is 6.09 Å². The number of carbonyl (C=O) groups excluding carboxylic acids is 4. The van der Waals surface area contributed by atoms with Crippen LogP contribution in [0.3, 0.4) is 0 Å². The second-order valence-electron chi connectivity index (χ2n) is 17.0. The number of aromatic nitrogens is 1. The Balaban J connectivity index is 1.26. The van der Waals surface area contributed by atoms with Crippen molar-refractivity contribution in [2.75, 3.05) is 6.54 Å².